The van der Waals surface area contributed by atoms with E-state index in [0.29, 0.717) is 12.1 Å². The minimum atomic E-state index is -0.185. The number of carbonyl (C=O) groups excluding carboxylic acids is 1. The number of aryl methyl sites for hydroxylation is 1. The van der Waals surface area contributed by atoms with Crippen molar-refractivity contribution >= 4 is 11.6 Å². The van der Waals surface area contributed by atoms with E-state index < -0.39 is 0 Å². The standard InChI is InChI=1S/C13H15NO2/c1-3-13(16)14-12-9-10(2)6-7-11(12)5-4-8-15/h6-7,9,15H,3,8H2,1-2H3,(H,14,16). The van der Waals surface area contributed by atoms with Gasteiger partial charge in [0.05, 0.1) is 5.69 Å². The van der Waals surface area contributed by atoms with E-state index in [4.69, 9.17) is 5.11 Å². The van der Waals surface area contributed by atoms with E-state index in [1.165, 1.54) is 0 Å². The smallest absolute Gasteiger partial charge is 0.224 e. The van der Waals surface area contributed by atoms with Gasteiger partial charge >= 0.3 is 0 Å². The van der Waals surface area contributed by atoms with Crippen LogP contribution in [0.25, 0.3) is 0 Å². The second-order valence-electron chi connectivity index (χ2n) is 3.41. The number of hydrogen-bond donors (Lipinski definition) is 2. The highest BCUT2D eigenvalue weighted by molar-refractivity contribution is 5.92. The van der Waals surface area contributed by atoms with Gasteiger partial charge in [-0.15, -0.1) is 0 Å². The van der Waals surface area contributed by atoms with Crippen LogP contribution in [0.3, 0.4) is 0 Å². The molecule has 0 unspecified atom stereocenters. The van der Waals surface area contributed by atoms with Crippen LogP contribution in [0.4, 0.5) is 5.69 Å². The molecule has 2 N–H and O–H groups in total. The Kier molecular flexibility index (Phi) is 4.56. The summed E-state index contributed by atoms with van der Waals surface area (Å²) in [5, 5.41) is 11.4. The zero-order valence-corrected chi connectivity index (χ0v) is 9.50. The Bertz CT molecular complexity index is 441. The first-order valence-electron chi connectivity index (χ1n) is 5.17. The molecule has 1 amide bonds. The van der Waals surface area contributed by atoms with Crippen molar-refractivity contribution in [3.05, 3.63) is 29.3 Å². The van der Waals surface area contributed by atoms with Crippen LogP contribution in [0.2, 0.25) is 0 Å². The number of carbonyl (C=O) groups is 1. The average Bonchev–Trinajstić information content (AvgIpc) is 2.28. The summed E-state index contributed by atoms with van der Waals surface area (Å²) in [6, 6.07) is 5.63. The summed E-state index contributed by atoms with van der Waals surface area (Å²) in [5.74, 6) is 5.33. The van der Waals surface area contributed by atoms with Crippen LogP contribution in [0.5, 0.6) is 0 Å². The highest BCUT2D eigenvalue weighted by atomic mass is 16.2. The van der Waals surface area contributed by atoms with Crippen molar-refractivity contribution in [3.8, 4) is 11.8 Å². The van der Waals surface area contributed by atoms with E-state index >= 15 is 0 Å². The van der Waals surface area contributed by atoms with Gasteiger partial charge in [0.25, 0.3) is 0 Å². The van der Waals surface area contributed by atoms with Gasteiger partial charge in [0, 0.05) is 12.0 Å². The number of aliphatic hydroxyl groups excluding tert-OH is 1. The number of rotatable bonds is 2. The first-order chi connectivity index (χ1) is 7.67. The normalized spacial score (nSPS) is 9.19. The van der Waals surface area contributed by atoms with Crippen LogP contribution in [-0.2, 0) is 4.79 Å². The third-order valence-electron chi connectivity index (χ3n) is 2.07. The average molecular weight is 217 g/mol. The molecule has 0 saturated carbocycles. The van der Waals surface area contributed by atoms with E-state index in [9.17, 15) is 4.79 Å². The van der Waals surface area contributed by atoms with Gasteiger partial charge in [-0.05, 0) is 24.6 Å². The molecule has 1 aromatic carbocycles. The van der Waals surface area contributed by atoms with E-state index in [0.717, 1.165) is 11.1 Å². The van der Waals surface area contributed by atoms with Crippen molar-refractivity contribution < 1.29 is 9.90 Å². The van der Waals surface area contributed by atoms with Gasteiger partial charge in [-0.2, -0.15) is 0 Å². The number of amides is 1. The first-order valence-corrected chi connectivity index (χ1v) is 5.17. The largest absolute Gasteiger partial charge is 0.384 e. The van der Waals surface area contributed by atoms with Gasteiger partial charge < -0.3 is 10.4 Å². The zero-order chi connectivity index (χ0) is 12.0. The van der Waals surface area contributed by atoms with Crippen LogP contribution in [0, 0.1) is 18.8 Å². The van der Waals surface area contributed by atoms with Gasteiger partial charge in [-0.25, -0.2) is 0 Å². The van der Waals surface area contributed by atoms with Gasteiger partial charge in [0.2, 0.25) is 5.91 Å². The summed E-state index contributed by atoms with van der Waals surface area (Å²) >= 11 is 0. The lowest BCUT2D eigenvalue weighted by molar-refractivity contribution is -0.115. The van der Waals surface area contributed by atoms with Crippen LogP contribution >= 0.6 is 0 Å². The summed E-state index contributed by atoms with van der Waals surface area (Å²) in [5.41, 5.74) is 2.48. The molecular weight excluding hydrogens is 202 g/mol. The van der Waals surface area contributed by atoms with Gasteiger partial charge in [-0.3, -0.25) is 4.79 Å². The number of nitrogens with one attached hydrogen (secondary N) is 1. The van der Waals surface area contributed by atoms with Crippen molar-refractivity contribution in [2.75, 3.05) is 11.9 Å². The Labute approximate surface area is 95.5 Å². The number of anilines is 1. The Balaban J connectivity index is 3.03. The number of benzene rings is 1. The summed E-state index contributed by atoms with van der Waals surface area (Å²) in [6.07, 6.45) is 0.431. The summed E-state index contributed by atoms with van der Waals surface area (Å²) < 4.78 is 0. The molecule has 0 aliphatic carbocycles. The Morgan fingerprint density at radius 3 is 2.88 bits per heavy atom. The minimum Gasteiger partial charge on any atom is -0.384 e. The van der Waals surface area contributed by atoms with E-state index in [2.05, 4.69) is 17.2 Å². The van der Waals surface area contributed by atoms with Crippen molar-refractivity contribution in [2.24, 2.45) is 0 Å². The molecule has 0 fully saturated rings. The second kappa shape index (κ2) is 5.94. The molecule has 0 bridgehead atoms. The van der Waals surface area contributed by atoms with Crippen molar-refractivity contribution in [2.45, 2.75) is 20.3 Å². The van der Waals surface area contributed by atoms with E-state index in [1.807, 2.05) is 25.1 Å². The van der Waals surface area contributed by atoms with Crippen LogP contribution in [0.1, 0.15) is 24.5 Å². The second-order valence-corrected chi connectivity index (χ2v) is 3.41. The van der Waals surface area contributed by atoms with Gasteiger partial charge in [0.1, 0.15) is 6.61 Å². The predicted molar refractivity (Wildman–Crippen MR) is 64.1 cm³/mol. The lowest BCUT2D eigenvalue weighted by atomic mass is 10.1. The maximum atomic E-state index is 11.3. The Morgan fingerprint density at radius 1 is 1.50 bits per heavy atom. The molecule has 0 aliphatic heterocycles. The zero-order valence-electron chi connectivity index (χ0n) is 9.50. The molecule has 0 aromatic heterocycles. The fourth-order valence-electron chi connectivity index (χ4n) is 1.24. The molecule has 0 saturated heterocycles. The molecule has 84 valence electrons. The third-order valence-corrected chi connectivity index (χ3v) is 2.07. The molecule has 1 rings (SSSR count). The Hall–Kier alpha value is -1.79. The lowest BCUT2D eigenvalue weighted by Crippen LogP contribution is -2.10. The van der Waals surface area contributed by atoms with Crippen LogP contribution in [0.15, 0.2) is 18.2 Å². The van der Waals surface area contributed by atoms with Crippen LogP contribution in [-0.4, -0.2) is 17.6 Å². The molecule has 3 nitrogen and oxygen atoms in total. The first kappa shape index (κ1) is 12.3. The number of hydrogen-bond acceptors (Lipinski definition) is 2. The molecule has 1 aromatic rings. The lowest BCUT2D eigenvalue weighted by Gasteiger charge is -2.07. The summed E-state index contributed by atoms with van der Waals surface area (Å²) in [4.78, 5) is 11.3. The van der Waals surface area contributed by atoms with Crippen molar-refractivity contribution in [1.82, 2.24) is 0 Å². The van der Waals surface area contributed by atoms with Crippen LogP contribution < -0.4 is 5.32 Å². The SMILES string of the molecule is CCC(=O)Nc1cc(C)ccc1C#CCO. The van der Waals surface area contributed by atoms with E-state index in [-0.39, 0.29) is 12.5 Å². The predicted octanol–water partition coefficient (Wildman–Crippen LogP) is 1.69. The topological polar surface area (TPSA) is 49.3 Å². The van der Waals surface area contributed by atoms with Gasteiger partial charge in [-0.1, -0.05) is 24.8 Å². The fraction of sp³-hybridized carbons (Fsp3) is 0.308. The fourth-order valence-corrected chi connectivity index (χ4v) is 1.24. The van der Waals surface area contributed by atoms with Gasteiger partial charge in [0.15, 0.2) is 0 Å². The molecule has 0 spiro atoms. The third kappa shape index (κ3) is 3.41. The molecule has 0 heterocycles. The monoisotopic (exact) mass is 217 g/mol. The maximum Gasteiger partial charge on any atom is 0.224 e. The molecule has 0 atom stereocenters. The van der Waals surface area contributed by atoms with E-state index in [1.54, 1.807) is 6.92 Å². The number of aliphatic hydroxyl groups is 1. The van der Waals surface area contributed by atoms with Crippen molar-refractivity contribution in [1.29, 1.82) is 0 Å². The highest BCUT2D eigenvalue weighted by Gasteiger charge is 2.03. The molecule has 3 heteroatoms. The molecule has 16 heavy (non-hydrogen) atoms. The summed E-state index contributed by atoms with van der Waals surface area (Å²) in [6.45, 7) is 3.56. The quantitative estimate of drug-likeness (QED) is 0.740. The van der Waals surface area contributed by atoms with Crippen molar-refractivity contribution in [3.63, 3.8) is 0 Å². The molecule has 0 aliphatic rings. The molecule has 0 radical (unpaired) electrons. The summed E-state index contributed by atoms with van der Waals surface area (Å²) in [7, 11) is 0. The minimum absolute atomic E-state index is 0.0438. The molecular formula is C13H15NO2. The highest BCUT2D eigenvalue weighted by Crippen LogP contribution is 2.16. The Morgan fingerprint density at radius 2 is 2.25 bits per heavy atom. The maximum absolute atomic E-state index is 11.3.